The maximum Gasteiger partial charge on any atom is 0.253 e. The molecule has 20 heavy (non-hydrogen) atoms. The number of carbonyl (C=O) groups excluding carboxylic acids is 1. The molecule has 0 bridgehead atoms. The first-order valence-electron chi connectivity index (χ1n) is 7.05. The highest BCUT2D eigenvalue weighted by molar-refractivity contribution is 6.33. The Morgan fingerprint density at radius 3 is 2.85 bits per heavy atom. The van der Waals surface area contributed by atoms with E-state index in [1.807, 2.05) is 0 Å². The van der Waals surface area contributed by atoms with Crippen LogP contribution in [0.3, 0.4) is 0 Å². The molecule has 0 saturated heterocycles. The van der Waals surface area contributed by atoms with E-state index in [-0.39, 0.29) is 11.9 Å². The predicted molar refractivity (Wildman–Crippen MR) is 82.3 cm³/mol. The molecule has 1 amide bonds. The third-order valence-electron chi connectivity index (χ3n) is 3.88. The molecule has 0 aliphatic heterocycles. The van der Waals surface area contributed by atoms with Crippen molar-refractivity contribution < 1.29 is 4.79 Å². The van der Waals surface area contributed by atoms with Crippen LogP contribution in [0.25, 0.3) is 0 Å². The maximum atomic E-state index is 12.2. The third-order valence-corrected chi connectivity index (χ3v) is 4.17. The lowest BCUT2D eigenvalue weighted by Gasteiger charge is -2.35. The fraction of sp³-hybridized carbons (Fsp3) is 0.600. The Morgan fingerprint density at radius 2 is 2.25 bits per heavy atom. The Morgan fingerprint density at radius 1 is 1.50 bits per heavy atom. The van der Waals surface area contributed by atoms with Crippen LogP contribution in [0.15, 0.2) is 12.3 Å². The number of anilines is 1. The van der Waals surface area contributed by atoms with E-state index in [9.17, 15) is 4.79 Å². The highest BCUT2D eigenvalue weighted by Crippen LogP contribution is 2.35. The quantitative estimate of drug-likeness (QED) is 0.898. The van der Waals surface area contributed by atoms with Gasteiger partial charge < -0.3 is 10.6 Å². The van der Waals surface area contributed by atoms with Crippen LogP contribution in [-0.2, 0) is 0 Å². The molecule has 1 atom stereocenters. The summed E-state index contributed by atoms with van der Waals surface area (Å²) in [4.78, 5) is 16.4. The fourth-order valence-electron chi connectivity index (χ4n) is 2.84. The van der Waals surface area contributed by atoms with Crippen LogP contribution in [0, 0.1) is 5.41 Å². The average Bonchev–Trinajstić information content (AvgIpc) is 2.37. The number of aromatic nitrogens is 1. The van der Waals surface area contributed by atoms with Gasteiger partial charge in [0.1, 0.15) is 5.82 Å². The van der Waals surface area contributed by atoms with Gasteiger partial charge in [0.05, 0.1) is 10.6 Å². The standard InChI is InChI=1S/C15H22ClN3O/c1-15(2)6-4-5-11(8-15)19-14(20)10-7-12(16)13(17-3)18-9-10/h7,9,11H,4-6,8H2,1-3H3,(H,17,18)(H,19,20). The van der Waals surface area contributed by atoms with Gasteiger partial charge in [-0.3, -0.25) is 4.79 Å². The molecule has 5 heteroatoms. The van der Waals surface area contributed by atoms with Crippen molar-refractivity contribution in [3.8, 4) is 0 Å². The summed E-state index contributed by atoms with van der Waals surface area (Å²) in [6, 6.07) is 1.90. The normalized spacial score (nSPS) is 21.3. The Labute approximate surface area is 125 Å². The molecular formula is C15H22ClN3O. The van der Waals surface area contributed by atoms with E-state index in [4.69, 9.17) is 11.6 Å². The molecule has 110 valence electrons. The molecule has 0 radical (unpaired) electrons. The molecule has 0 spiro atoms. The second-order valence-electron chi connectivity index (χ2n) is 6.24. The first kappa shape index (κ1) is 15.1. The van der Waals surface area contributed by atoms with Crippen molar-refractivity contribution in [3.63, 3.8) is 0 Å². The zero-order valence-electron chi connectivity index (χ0n) is 12.3. The van der Waals surface area contributed by atoms with Crippen LogP contribution in [-0.4, -0.2) is 24.0 Å². The minimum Gasteiger partial charge on any atom is -0.372 e. The lowest BCUT2D eigenvalue weighted by atomic mass is 9.75. The van der Waals surface area contributed by atoms with Gasteiger partial charge in [-0.15, -0.1) is 0 Å². The molecule has 2 rings (SSSR count). The van der Waals surface area contributed by atoms with Crippen LogP contribution in [0.4, 0.5) is 5.82 Å². The Bertz CT molecular complexity index is 502. The largest absolute Gasteiger partial charge is 0.372 e. The molecule has 1 aromatic heterocycles. The fourth-order valence-corrected chi connectivity index (χ4v) is 3.10. The molecule has 1 aliphatic rings. The van der Waals surface area contributed by atoms with Gasteiger partial charge in [0, 0.05) is 19.3 Å². The first-order valence-corrected chi connectivity index (χ1v) is 7.43. The van der Waals surface area contributed by atoms with Crippen molar-refractivity contribution in [1.29, 1.82) is 0 Å². The van der Waals surface area contributed by atoms with E-state index in [0.717, 1.165) is 19.3 Å². The average molecular weight is 296 g/mol. The Balaban J connectivity index is 2.03. The number of halogens is 1. The van der Waals surface area contributed by atoms with Crippen LogP contribution in [0.2, 0.25) is 5.02 Å². The molecule has 1 unspecified atom stereocenters. The van der Waals surface area contributed by atoms with Gasteiger partial charge in [-0.2, -0.15) is 0 Å². The number of hydrogen-bond acceptors (Lipinski definition) is 3. The summed E-state index contributed by atoms with van der Waals surface area (Å²) in [5, 5.41) is 6.44. The summed E-state index contributed by atoms with van der Waals surface area (Å²) >= 11 is 6.06. The highest BCUT2D eigenvalue weighted by atomic mass is 35.5. The number of hydrogen-bond donors (Lipinski definition) is 2. The summed E-state index contributed by atoms with van der Waals surface area (Å²) in [7, 11) is 1.75. The molecule has 1 saturated carbocycles. The monoisotopic (exact) mass is 295 g/mol. The van der Waals surface area contributed by atoms with Gasteiger partial charge in [0.15, 0.2) is 0 Å². The number of nitrogens with zero attached hydrogens (tertiary/aromatic N) is 1. The number of nitrogens with one attached hydrogen (secondary N) is 2. The SMILES string of the molecule is CNc1ncc(C(=O)NC2CCCC(C)(C)C2)cc1Cl. The topological polar surface area (TPSA) is 54.0 Å². The maximum absolute atomic E-state index is 12.2. The molecular weight excluding hydrogens is 274 g/mol. The van der Waals surface area contributed by atoms with Crippen LogP contribution >= 0.6 is 11.6 Å². The second-order valence-corrected chi connectivity index (χ2v) is 6.64. The van der Waals surface area contributed by atoms with Gasteiger partial charge in [-0.1, -0.05) is 31.9 Å². The smallest absolute Gasteiger partial charge is 0.253 e. The molecule has 0 aromatic carbocycles. The zero-order chi connectivity index (χ0) is 14.8. The van der Waals surface area contributed by atoms with E-state index < -0.39 is 0 Å². The number of amides is 1. The van der Waals surface area contributed by atoms with Gasteiger partial charge >= 0.3 is 0 Å². The summed E-state index contributed by atoms with van der Waals surface area (Å²) in [6.07, 6.45) is 6.01. The van der Waals surface area contributed by atoms with E-state index in [0.29, 0.717) is 21.8 Å². The van der Waals surface area contributed by atoms with E-state index in [1.165, 1.54) is 6.42 Å². The number of rotatable bonds is 3. The summed E-state index contributed by atoms with van der Waals surface area (Å²) in [5.74, 6) is 0.492. The molecule has 1 aliphatic carbocycles. The van der Waals surface area contributed by atoms with Crippen molar-refractivity contribution in [2.75, 3.05) is 12.4 Å². The molecule has 1 aromatic rings. The van der Waals surface area contributed by atoms with Crippen molar-refractivity contribution in [2.45, 2.75) is 45.6 Å². The minimum absolute atomic E-state index is 0.0928. The van der Waals surface area contributed by atoms with Crippen molar-refractivity contribution in [3.05, 3.63) is 22.8 Å². The molecule has 2 N–H and O–H groups in total. The lowest BCUT2D eigenvalue weighted by Crippen LogP contribution is -2.40. The summed E-state index contributed by atoms with van der Waals surface area (Å²) in [5.41, 5.74) is 0.819. The first-order chi connectivity index (χ1) is 9.41. The minimum atomic E-state index is -0.0928. The number of carbonyl (C=O) groups is 1. The van der Waals surface area contributed by atoms with Gasteiger partial charge in [-0.05, 0) is 30.7 Å². The second kappa shape index (κ2) is 6.00. The van der Waals surface area contributed by atoms with Crippen LogP contribution in [0.5, 0.6) is 0 Å². The Kier molecular flexibility index (Phi) is 4.53. The molecule has 1 fully saturated rings. The van der Waals surface area contributed by atoms with Gasteiger partial charge in [0.25, 0.3) is 5.91 Å². The van der Waals surface area contributed by atoms with E-state index >= 15 is 0 Å². The van der Waals surface area contributed by atoms with E-state index in [2.05, 4.69) is 29.5 Å². The number of pyridine rings is 1. The van der Waals surface area contributed by atoms with Crippen molar-refractivity contribution in [2.24, 2.45) is 5.41 Å². The predicted octanol–water partition coefficient (Wildman–Crippen LogP) is 3.48. The lowest BCUT2D eigenvalue weighted by molar-refractivity contribution is 0.0902. The van der Waals surface area contributed by atoms with Gasteiger partial charge in [0.2, 0.25) is 0 Å². The zero-order valence-corrected chi connectivity index (χ0v) is 13.0. The molecule has 4 nitrogen and oxygen atoms in total. The highest BCUT2D eigenvalue weighted by Gasteiger charge is 2.29. The van der Waals surface area contributed by atoms with Gasteiger partial charge in [-0.25, -0.2) is 4.98 Å². The van der Waals surface area contributed by atoms with Crippen LogP contribution < -0.4 is 10.6 Å². The molecule has 1 heterocycles. The third kappa shape index (κ3) is 3.63. The van der Waals surface area contributed by atoms with E-state index in [1.54, 1.807) is 19.3 Å². The Hall–Kier alpha value is -1.29. The van der Waals surface area contributed by atoms with Crippen molar-refractivity contribution >= 4 is 23.3 Å². The summed E-state index contributed by atoms with van der Waals surface area (Å²) < 4.78 is 0. The van der Waals surface area contributed by atoms with Crippen molar-refractivity contribution in [1.82, 2.24) is 10.3 Å². The summed E-state index contributed by atoms with van der Waals surface area (Å²) in [6.45, 7) is 4.51. The van der Waals surface area contributed by atoms with Crippen LogP contribution in [0.1, 0.15) is 49.9 Å².